The highest BCUT2D eigenvalue weighted by molar-refractivity contribution is 6.30. The molecule has 0 heterocycles. The van der Waals surface area contributed by atoms with E-state index in [0.717, 1.165) is 11.3 Å². The monoisotopic (exact) mass is 389 g/mol. The van der Waals surface area contributed by atoms with Crippen molar-refractivity contribution in [2.75, 3.05) is 34.3 Å². The van der Waals surface area contributed by atoms with Gasteiger partial charge in [-0.1, -0.05) is 29.8 Å². The highest BCUT2D eigenvalue weighted by Crippen LogP contribution is 2.22. The van der Waals surface area contributed by atoms with Crippen molar-refractivity contribution in [2.45, 2.75) is 6.04 Å². The lowest BCUT2D eigenvalue weighted by Crippen LogP contribution is -2.40. The number of carbonyl (C=O) groups is 2. The number of nitrogens with zero attached hydrogens (tertiary/aromatic N) is 1. The standard InChI is InChI=1S/C20H24ClN3O3/c1-24(2)18(14-6-5-9-17(11-14)27-3)12-22-19(25)13-23-20(26)15-7-4-8-16(21)10-15/h4-11,18H,12-13H2,1-3H3,(H,22,25)(H,23,26). The molecule has 7 heteroatoms. The van der Waals surface area contributed by atoms with Gasteiger partial charge in [-0.3, -0.25) is 9.59 Å². The van der Waals surface area contributed by atoms with Gasteiger partial charge in [0.1, 0.15) is 5.75 Å². The summed E-state index contributed by atoms with van der Waals surface area (Å²) in [6, 6.07) is 14.3. The van der Waals surface area contributed by atoms with Crippen LogP contribution in [0.15, 0.2) is 48.5 Å². The Hall–Kier alpha value is -2.57. The summed E-state index contributed by atoms with van der Waals surface area (Å²) in [4.78, 5) is 26.2. The summed E-state index contributed by atoms with van der Waals surface area (Å²) < 4.78 is 5.26. The summed E-state index contributed by atoms with van der Waals surface area (Å²) in [6.45, 7) is 0.301. The highest BCUT2D eigenvalue weighted by Gasteiger charge is 2.16. The van der Waals surface area contributed by atoms with E-state index in [0.29, 0.717) is 17.1 Å². The van der Waals surface area contributed by atoms with Crippen molar-refractivity contribution in [3.05, 3.63) is 64.7 Å². The maximum Gasteiger partial charge on any atom is 0.251 e. The second-order valence-electron chi connectivity index (χ2n) is 6.25. The van der Waals surface area contributed by atoms with Crippen molar-refractivity contribution < 1.29 is 14.3 Å². The number of benzene rings is 2. The summed E-state index contributed by atoms with van der Waals surface area (Å²) in [5.41, 5.74) is 1.44. The zero-order valence-corrected chi connectivity index (χ0v) is 16.4. The molecule has 0 saturated heterocycles. The van der Waals surface area contributed by atoms with Gasteiger partial charge in [-0.15, -0.1) is 0 Å². The number of amides is 2. The maximum atomic E-state index is 12.1. The molecule has 27 heavy (non-hydrogen) atoms. The maximum absolute atomic E-state index is 12.1. The van der Waals surface area contributed by atoms with E-state index in [4.69, 9.17) is 16.3 Å². The molecule has 0 aliphatic rings. The number of hydrogen-bond donors (Lipinski definition) is 2. The molecule has 1 unspecified atom stereocenters. The third kappa shape index (κ3) is 6.27. The van der Waals surface area contributed by atoms with Gasteiger partial charge in [-0.2, -0.15) is 0 Å². The van der Waals surface area contributed by atoms with E-state index in [9.17, 15) is 9.59 Å². The molecule has 0 aliphatic carbocycles. The van der Waals surface area contributed by atoms with Gasteiger partial charge < -0.3 is 20.3 Å². The lowest BCUT2D eigenvalue weighted by Gasteiger charge is -2.25. The average Bonchev–Trinajstić information content (AvgIpc) is 2.66. The summed E-state index contributed by atoms with van der Waals surface area (Å²) in [7, 11) is 5.50. The van der Waals surface area contributed by atoms with E-state index in [1.54, 1.807) is 31.4 Å². The first-order valence-electron chi connectivity index (χ1n) is 8.51. The minimum absolute atomic E-state index is 0.0207. The first kappa shape index (κ1) is 20.7. The molecule has 144 valence electrons. The summed E-state index contributed by atoms with van der Waals surface area (Å²) in [6.07, 6.45) is 0. The average molecular weight is 390 g/mol. The van der Waals surface area contributed by atoms with Gasteiger partial charge in [0.25, 0.3) is 5.91 Å². The van der Waals surface area contributed by atoms with Crippen LogP contribution in [-0.4, -0.2) is 51.0 Å². The number of ether oxygens (including phenoxy) is 1. The van der Waals surface area contributed by atoms with E-state index in [-0.39, 0.29) is 24.4 Å². The van der Waals surface area contributed by atoms with Crippen LogP contribution in [0, 0.1) is 0 Å². The van der Waals surface area contributed by atoms with Crippen LogP contribution in [0.3, 0.4) is 0 Å². The predicted molar refractivity (Wildman–Crippen MR) is 106 cm³/mol. The molecule has 0 fully saturated rings. The molecule has 2 aromatic rings. The Bertz CT molecular complexity index is 796. The van der Waals surface area contributed by atoms with Crippen molar-refractivity contribution in [3.8, 4) is 5.75 Å². The number of likely N-dealkylation sites (N-methyl/N-ethyl adjacent to an activating group) is 1. The molecule has 2 rings (SSSR count). The Labute approximate surface area is 164 Å². The van der Waals surface area contributed by atoms with Crippen LogP contribution < -0.4 is 15.4 Å². The first-order valence-corrected chi connectivity index (χ1v) is 8.89. The fraction of sp³-hybridized carbons (Fsp3) is 0.300. The van der Waals surface area contributed by atoms with Crippen molar-refractivity contribution >= 4 is 23.4 Å². The zero-order valence-electron chi connectivity index (χ0n) is 15.7. The molecule has 0 radical (unpaired) electrons. The number of hydrogen-bond acceptors (Lipinski definition) is 4. The molecule has 0 spiro atoms. The molecule has 2 aromatic carbocycles. The molecule has 6 nitrogen and oxygen atoms in total. The van der Waals surface area contributed by atoms with E-state index >= 15 is 0 Å². The van der Waals surface area contributed by atoms with Crippen LogP contribution in [0.2, 0.25) is 5.02 Å². The molecular formula is C20H24ClN3O3. The lowest BCUT2D eigenvalue weighted by atomic mass is 10.1. The fourth-order valence-corrected chi connectivity index (χ4v) is 2.80. The normalized spacial score (nSPS) is 11.7. The van der Waals surface area contributed by atoms with Crippen molar-refractivity contribution in [1.29, 1.82) is 0 Å². The molecule has 0 saturated carbocycles. The Kier molecular flexibility index (Phi) is 7.64. The minimum atomic E-state index is -0.343. The Balaban J connectivity index is 1.89. The van der Waals surface area contributed by atoms with Gasteiger partial charge in [0.05, 0.1) is 19.7 Å². The van der Waals surface area contributed by atoms with E-state index in [1.807, 2.05) is 43.3 Å². The van der Waals surface area contributed by atoms with Crippen LogP contribution in [0.5, 0.6) is 5.75 Å². The molecule has 0 aliphatic heterocycles. The number of methoxy groups -OCH3 is 1. The summed E-state index contributed by atoms with van der Waals surface area (Å²) >= 11 is 5.87. The molecule has 0 bridgehead atoms. The molecule has 0 aromatic heterocycles. The van der Waals surface area contributed by atoms with Gasteiger partial charge in [-0.05, 0) is 50.0 Å². The van der Waals surface area contributed by atoms with Gasteiger partial charge in [0, 0.05) is 17.1 Å². The van der Waals surface area contributed by atoms with Crippen molar-refractivity contribution in [1.82, 2.24) is 15.5 Å². The largest absolute Gasteiger partial charge is 0.497 e. The van der Waals surface area contributed by atoms with Gasteiger partial charge in [0.15, 0.2) is 0 Å². The van der Waals surface area contributed by atoms with Gasteiger partial charge in [-0.25, -0.2) is 0 Å². The number of rotatable bonds is 8. The smallest absolute Gasteiger partial charge is 0.251 e. The van der Waals surface area contributed by atoms with Crippen LogP contribution >= 0.6 is 11.6 Å². The summed E-state index contributed by atoms with van der Waals surface area (Å²) in [5, 5.41) is 5.92. The van der Waals surface area contributed by atoms with Crippen LogP contribution in [0.1, 0.15) is 22.0 Å². The predicted octanol–water partition coefficient (Wildman–Crippen LogP) is 2.50. The SMILES string of the molecule is COc1cccc(C(CNC(=O)CNC(=O)c2cccc(Cl)c2)N(C)C)c1. The topological polar surface area (TPSA) is 70.7 Å². The number of carbonyl (C=O) groups excluding carboxylic acids is 2. The van der Waals surface area contributed by atoms with Crippen LogP contribution in [0.4, 0.5) is 0 Å². The number of nitrogens with one attached hydrogen (secondary N) is 2. The quantitative estimate of drug-likeness (QED) is 0.727. The Morgan fingerprint density at radius 2 is 1.85 bits per heavy atom. The van der Waals surface area contributed by atoms with Crippen molar-refractivity contribution in [2.24, 2.45) is 0 Å². The van der Waals surface area contributed by atoms with E-state index in [2.05, 4.69) is 10.6 Å². The second-order valence-corrected chi connectivity index (χ2v) is 6.69. The lowest BCUT2D eigenvalue weighted by molar-refractivity contribution is -0.120. The van der Waals surface area contributed by atoms with E-state index < -0.39 is 0 Å². The molecule has 1 atom stereocenters. The third-order valence-corrected chi connectivity index (χ3v) is 4.33. The number of halogens is 1. The highest BCUT2D eigenvalue weighted by atomic mass is 35.5. The second kappa shape index (κ2) is 9.94. The zero-order chi connectivity index (χ0) is 19.8. The van der Waals surface area contributed by atoms with Crippen molar-refractivity contribution in [3.63, 3.8) is 0 Å². The van der Waals surface area contributed by atoms with Gasteiger partial charge in [0.2, 0.25) is 5.91 Å². The minimum Gasteiger partial charge on any atom is -0.497 e. The molecule has 2 N–H and O–H groups in total. The van der Waals surface area contributed by atoms with E-state index in [1.165, 1.54) is 0 Å². The molecule has 2 amide bonds. The van der Waals surface area contributed by atoms with Crippen LogP contribution in [-0.2, 0) is 4.79 Å². The Morgan fingerprint density at radius 3 is 2.52 bits per heavy atom. The Morgan fingerprint density at radius 1 is 1.11 bits per heavy atom. The van der Waals surface area contributed by atoms with Crippen LogP contribution in [0.25, 0.3) is 0 Å². The third-order valence-electron chi connectivity index (χ3n) is 4.09. The van der Waals surface area contributed by atoms with Gasteiger partial charge >= 0.3 is 0 Å². The summed E-state index contributed by atoms with van der Waals surface area (Å²) in [5.74, 6) is 0.157. The fourth-order valence-electron chi connectivity index (χ4n) is 2.61. The molecular weight excluding hydrogens is 366 g/mol. The first-order chi connectivity index (χ1) is 12.9.